The highest BCUT2D eigenvalue weighted by atomic mass is 16.5. The molecule has 0 saturated carbocycles. The lowest BCUT2D eigenvalue weighted by Gasteiger charge is -2.15. The summed E-state index contributed by atoms with van der Waals surface area (Å²) in [5.41, 5.74) is 3.85. The zero-order valence-corrected chi connectivity index (χ0v) is 22.0. The molecule has 0 radical (unpaired) electrons. The lowest BCUT2D eigenvalue weighted by molar-refractivity contribution is -0.132. The molecular formula is C31H35N3O4. The number of carbonyl (C=O) groups is 2. The zero-order chi connectivity index (χ0) is 26.9. The number of ether oxygens (including phenoxy) is 1. The van der Waals surface area contributed by atoms with Crippen molar-refractivity contribution in [1.82, 2.24) is 10.3 Å². The van der Waals surface area contributed by atoms with E-state index in [1.54, 1.807) is 12.1 Å². The van der Waals surface area contributed by atoms with Gasteiger partial charge in [-0.2, -0.15) is 0 Å². The molecule has 0 aliphatic carbocycles. The number of nitrogens with zero attached hydrogens (tertiary/aromatic N) is 1. The number of para-hydroxylation sites is 2. The summed E-state index contributed by atoms with van der Waals surface area (Å²) in [6, 6.07) is 21.3. The number of methoxy groups -OCH3 is 1. The highest BCUT2D eigenvalue weighted by molar-refractivity contribution is 6.07. The summed E-state index contributed by atoms with van der Waals surface area (Å²) in [6.45, 7) is 2.82. The average Bonchev–Trinajstić information content (AvgIpc) is 2.93. The van der Waals surface area contributed by atoms with Gasteiger partial charge in [0.25, 0.3) is 0 Å². The number of fused-ring (bicyclic) bond motifs is 2. The lowest BCUT2D eigenvalue weighted by atomic mass is 9.94. The van der Waals surface area contributed by atoms with E-state index in [4.69, 9.17) is 9.72 Å². The number of pyridine rings is 1. The summed E-state index contributed by atoms with van der Waals surface area (Å²) in [7, 11) is 1.47. The molecule has 4 aromatic rings. The number of aromatic hydroxyl groups is 1. The van der Waals surface area contributed by atoms with Crippen LogP contribution in [0.4, 0.5) is 5.69 Å². The third-order valence-corrected chi connectivity index (χ3v) is 6.78. The number of amides is 1. The van der Waals surface area contributed by atoms with Gasteiger partial charge in [-0.1, -0.05) is 55.3 Å². The maximum Gasteiger partial charge on any atom is 0.230 e. The van der Waals surface area contributed by atoms with E-state index in [9.17, 15) is 14.7 Å². The number of nitrogens with one attached hydrogen (secondary N) is 2. The Hall–Kier alpha value is -4.13. The molecule has 3 aromatic carbocycles. The number of ketones is 1. The first-order valence-corrected chi connectivity index (χ1v) is 13.1. The van der Waals surface area contributed by atoms with Crippen LogP contribution in [0.3, 0.4) is 0 Å². The molecular weight excluding hydrogens is 478 g/mol. The molecule has 7 nitrogen and oxygen atoms in total. The highest BCUT2D eigenvalue weighted by Gasteiger charge is 2.23. The molecule has 0 bridgehead atoms. The molecule has 38 heavy (non-hydrogen) atoms. The number of hydrogen-bond donors (Lipinski definition) is 3. The molecule has 1 amide bonds. The van der Waals surface area contributed by atoms with Gasteiger partial charge < -0.3 is 20.5 Å². The molecule has 4 rings (SSSR count). The highest BCUT2D eigenvalue weighted by Crippen LogP contribution is 2.30. The van der Waals surface area contributed by atoms with Crippen LogP contribution in [0, 0.1) is 5.92 Å². The summed E-state index contributed by atoms with van der Waals surface area (Å²) in [6.07, 6.45) is 4.15. The minimum atomic E-state index is -0.765. The van der Waals surface area contributed by atoms with Gasteiger partial charge in [0.05, 0.1) is 23.8 Å². The monoisotopic (exact) mass is 513 g/mol. The molecule has 7 heteroatoms. The Morgan fingerprint density at radius 1 is 0.895 bits per heavy atom. The Bertz CT molecular complexity index is 1370. The smallest absolute Gasteiger partial charge is 0.230 e. The van der Waals surface area contributed by atoms with Gasteiger partial charge in [-0.15, -0.1) is 0 Å². The summed E-state index contributed by atoms with van der Waals surface area (Å²) in [5, 5.41) is 18.6. The maximum atomic E-state index is 12.7. The molecule has 198 valence electrons. The van der Waals surface area contributed by atoms with E-state index in [1.807, 2.05) is 36.4 Å². The second kappa shape index (κ2) is 12.9. The van der Waals surface area contributed by atoms with Crippen molar-refractivity contribution in [3.63, 3.8) is 0 Å². The van der Waals surface area contributed by atoms with Crippen LogP contribution in [0.15, 0.2) is 66.7 Å². The molecule has 1 atom stereocenters. The van der Waals surface area contributed by atoms with E-state index >= 15 is 0 Å². The largest absolute Gasteiger partial charge is 0.504 e. The summed E-state index contributed by atoms with van der Waals surface area (Å²) in [5.74, 6) is -0.861. The van der Waals surface area contributed by atoms with Crippen LogP contribution in [0.5, 0.6) is 11.5 Å². The second-order valence-electron chi connectivity index (χ2n) is 9.53. The zero-order valence-electron chi connectivity index (χ0n) is 22.0. The number of benzene rings is 3. The summed E-state index contributed by atoms with van der Waals surface area (Å²) in [4.78, 5) is 29.6. The fraction of sp³-hybridized carbons (Fsp3) is 0.323. The van der Waals surface area contributed by atoms with Crippen LogP contribution in [0.2, 0.25) is 0 Å². The SMILES string of the molecule is COc1cc(CC(C(C)=O)C(=O)NCCCCCCNc2c3ccccc3nc3ccccc23)ccc1O. The first-order chi connectivity index (χ1) is 18.5. The maximum absolute atomic E-state index is 12.7. The standard InChI is InChI=1S/C31H35N3O4/c1-21(35)25(19-22-15-16-28(36)29(20-22)38-2)31(37)33-18-10-4-3-9-17-32-30-23-11-5-7-13-26(23)34-27-14-8-6-12-24(27)30/h5-8,11-16,20,25,36H,3-4,9-10,17-19H2,1-2H3,(H,32,34)(H,33,37). The van der Waals surface area contributed by atoms with E-state index in [0.717, 1.165) is 65.3 Å². The van der Waals surface area contributed by atoms with Gasteiger partial charge in [0.1, 0.15) is 11.7 Å². The van der Waals surface area contributed by atoms with Gasteiger partial charge in [0.15, 0.2) is 11.5 Å². The van der Waals surface area contributed by atoms with Crippen LogP contribution >= 0.6 is 0 Å². The fourth-order valence-electron chi connectivity index (χ4n) is 4.69. The van der Waals surface area contributed by atoms with Gasteiger partial charge in [-0.25, -0.2) is 4.98 Å². The summed E-state index contributed by atoms with van der Waals surface area (Å²) < 4.78 is 5.13. The Balaban J connectivity index is 1.21. The third-order valence-electron chi connectivity index (χ3n) is 6.78. The van der Waals surface area contributed by atoms with Crippen molar-refractivity contribution in [3.05, 3.63) is 72.3 Å². The fourth-order valence-corrected chi connectivity index (χ4v) is 4.69. The molecule has 1 aromatic heterocycles. The van der Waals surface area contributed by atoms with E-state index < -0.39 is 5.92 Å². The number of rotatable bonds is 13. The van der Waals surface area contributed by atoms with Crippen molar-refractivity contribution >= 4 is 39.2 Å². The number of carbonyl (C=O) groups excluding carboxylic acids is 2. The number of aromatic nitrogens is 1. The third kappa shape index (κ3) is 6.59. The number of unbranched alkanes of at least 4 members (excludes halogenated alkanes) is 3. The molecule has 1 unspecified atom stereocenters. The Labute approximate surface area is 223 Å². The number of Topliss-reactive ketones (excluding diaryl/α,β-unsaturated/α-hetero) is 1. The van der Waals surface area contributed by atoms with E-state index in [1.165, 1.54) is 20.1 Å². The number of phenolic OH excluding ortho intramolecular Hbond substituents is 1. The number of phenols is 1. The van der Waals surface area contributed by atoms with Gasteiger partial charge in [0, 0.05) is 23.9 Å². The van der Waals surface area contributed by atoms with Crippen LogP contribution in [-0.4, -0.2) is 42.0 Å². The quantitative estimate of drug-likeness (QED) is 0.122. The summed E-state index contributed by atoms with van der Waals surface area (Å²) >= 11 is 0. The topological polar surface area (TPSA) is 101 Å². The molecule has 0 aliphatic heterocycles. The number of anilines is 1. The Morgan fingerprint density at radius 3 is 2.16 bits per heavy atom. The van der Waals surface area contributed by atoms with Crippen molar-refractivity contribution in [2.45, 2.75) is 39.0 Å². The van der Waals surface area contributed by atoms with Crippen LogP contribution in [-0.2, 0) is 16.0 Å². The van der Waals surface area contributed by atoms with Crippen molar-refractivity contribution in [1.29, 1.82) is 0 Å². The van der Waals surface area contributed by atoms with Crippen molar-refractivity contribution < 1.29 is 19.4 Å². The Kier molecular flexibility index (Phi) is 9.14. The molecule has 3 N–H and O–H groups in total. The average molecular weight is 514 g/mol. The van der Waals surface area contributed by atoms with Crippen LogP contribution in [0.1, 0.15) is 38.2 Å². The number of hydrogen-bond acceptors (Lipinski definition) is 6. The minimum absolute atomic E-state index is 0.0257. The van der Waals surface area contributed by atoms with Gasteiger partial charge in [0.2, 0.25) is 5.91 Å². The molecule has 0 saturated heterocycles. The molecule has 0 aliphatic rings. The predicted octanol–water partition coefficient (Wildman–Crippen LogP) is 5.64. The Morgan fingerprint density at radius 2 is 1.53 bits per heavy atom. The van der Waals surface area contributed by atoms with Crippen molar-refractivity contribution in [2.75, 3.05) is 25.5 Å². The lowest BCUT2D eigenvalue weighted by Crippen LogP contribution is -2.36. The van der Waals surface area contributed by atoms with Crippen molar-refractivity contribution in [3.8, 4) is 11.5 Å². The minimum Gasteiger partial charge on any atom is -0.504 e. The molecule has 0 fully saturated rings. The van der Waals surface area contributed by atoms with Crippen molar-refractivity contribution in [2.24, 2.45) is 5.92 Å². The normalized spacial score (nSPS) is 11.8. The first kappa shape index (κ1) is 26.9. The van der Waals surface area contributed by atoms with Gasteiger partial charge in [-0.05, 0) is 56.0 Å². The van der Waals surface area contributed by atoms with E-state index in [-0.39, 0.29) is 23.9 Å². The van der Waals surface area contributed by atoms with Crippen LogP contribution in [0.25, 0.3) is 21.8 Å². The molecule has 1 heterocycles. The predicted molar refractivity (Wildman–Crippen MR) is 152 cm³/mol. The van der Waals surface area contributed by atoms with E-state index in [2.05, 4.69) is 22.8 Å². The van der Waals surface area contributed by atoms with Gasteiger partial charge >= 0.3 is 0 Å². The van der Waals surface area contributed by atoms with Gasteiger partial charge in [-0.3, -0.25) is 9.59 Å². The second-order valence-corrected chi connectivity index (χ2v) is 9.53. The van der Waals surface area contributed by atoms with Crippen LogP contribution < -0.4 is 15.4 Å². The van der Waals surface area contributed by atoms with E-state index in [0.29, 0.717) is 12.3 Å². The first-order valence-electron chi connectivity index (χ1n) is 13.1. The molecule has 0 spiro atoms.